The summed E-state index contributed by atoms with van der Waals surface area (Å²) in [5.41, 5.74) is 12.0. The van der Waals surface area contributed by atoms with E-state index in [2.05, 4.69) is 110 Å². The molecule has 5 heteroatoms. The number of methoxy groups -OCH3 is 1. The Kier molecular flexibility index (Phi) is 7.60. The number of anilines is 1. The van der Waals surface area contributed by atoms with Gasteiger partial charge >= 0.3 is 0 Å². The summed E-state index contributed by atoms with van der Waals surface area (Å²) >= 11 is 7.28. The van der Waals surface area contributed by atoms with Crippen LogP contribution in [0.15, 0.2) is 81.7 Å². The number of rotatable bonds is 4. The highest BCUT2D eigenvalue weighted by Gasteiger charge is 2.32. The fourth-order valence-electron chi connectivity index (χ4n) is 6.04. The van der Waals surface area contributed by atoms with Gasteiger partial charge in [-0.1, -0.05) is 68.3 Å². The van der Waals surface area contributed by atoms with E-state index in [4.69, 9.17) is 9.47 Å². The topological polar surface area (TPSA) is 21.7 Å². The van der Waals surface area contributed by atoms with Gasteiger partial charge in [-0.05, 0) is 107 Å². The Morgan fingerprint density at radius 2 is 1.37 bits per heavy atom. The van der Waals surface area contributed by atoms with Gasteiger partial charge in [0.2, 0.25) is 0 Å². The van der Waals surface area contributed by atoms with Crippen molar-refractivity contribution in [1.82, 2.24) is 0 Å². The molecule has 6 rings (SSSR count). The minimum absolute atomic E-state index is 0.594. The van der Waals surface area contributed by atoms with Crippen LogP contribution in [0.1, 0.15) is 41.5 Å². The van der Waals surface area contributed by atoms with Crippen LogP contribution in [0.2, 0.25) is 0 Å². The lowest BCUT2D eigenvalue weighted by Gasteiger charge is -2.24. The van der Waals surface area contributed by atoms with Gasteiger partial charge in [0, 0.05) is 29.1 Å². The number of hydrogen-bond donors (Lipinski definition) is 0. The van der Waals surface area contributed by atoms with Crippen molar-refractivity contribution in [3.63, 3.8) is 0 Å². The van der Waals surface area contributed by atoms with Crippen LogP contribution in [0.5, 0.6) is 5.75 Å². The Hall–Kier alpha value is -2.60. The standard InChI is InChI=1S/C33H31Br2NO2/c1-37-21-29-26-7-3-2-6-18-38-31-9-5-4-8-30(31)36-19-27(32(26)22-10-14-24(34)15-11-22)28(20-36)33(29)23-12-16-25(35)17-13-23/h4-5,8-17H,2-3,6-7,18-21H2,1H3. The van der Waals surface area contributed by atoms with Gasteiger partial charge in [-0.3, -0.25) is 0 Å². The number of benzene rings is 4. The molecule has 0 unspecified atom stereocenters. The molecule has 0 aromatic heterocycles. The first-order valence-electron chi connectivity index (χ1n) is 13.3. The molecule has 0 saturated heterocycles. The van der Waals surface area contributed by atoms with Gasteiger partial charge < -0.3 is 14.4 Å². The Bertz CT molecular complexity index is 1450. The molecule has 0 atom stereocenters. The molecule has 0 spiro atoms. The zero-order valence-corrected chi connectivity index (χ0v) is 24.8. The Morgan fingerprint density at radius 3 is 2.05 bits per heavy atom. The third-order valence-corrected chi connectivity index (χ3v) is 8.78. The van der Waals surface area contributed by atoms with E-state index in [1.54, 1.807) is 0 Å². The maximum absolute atomic E-state index is 6.32. The largest absolute Gasteiger partial charge is 0.491 e. The van der Waals surface area contributed by atoms with Crippen LogP contribution in [-0.2, 0) is 30.9 Å². The lowest BCUT2D eigenvalue weighted by atomic mass is 9.81. The molecule has 0 radical (unpaired) electrons. The van der Waals surface area contributed by atoms with Gasteiger partial charge in [0.1, 0.15) is 5.75 Å². The van der Waals surface area contributed by atoms with E-state index in [0.29, 0.717) is 6.61 Å². The number of nitrogens with zero attached hydrogens (tertiary/aromatic N) is 1. The van der Waals surface area contributed by atoms with Crippen molar-refractivity contribution in [3.8, 4) is 28.0 Å². The Morgan fingerprint density at radius 1 is 0.737 bits per heavy atom. The first kappa shape index (κ1) is 25.7. The highest BCUT2D eigenvalue weighted by molar-refractivity contribution is 9.10. The summed E-state index contributed by atoms with van der Waals surface area (Å²) in [6.45, 7) is 3.03. The third-order valence-electron chi connectivity index (χ3n) is 7.72. The van der Waals surface area contributed by atoms with Crippen LogP contribution < -0.4 is 9.64 Å². The zero-order chi connectivity index (χ0) is 26.1. The number of halogens is 2. The van der Waals surface area contributed by atoms with Crippen molar-refractivity contribution in [3.05, 3.63) is 104 Å². The van der Waals surface area contributed by atoms with Gasteiger partial charge in [-0.15, -0.1) is 0 Å². The van der Waals surface area contributed by atoms with Crippen molar-refractivity contribution in [1.29, 1.82) is 0 Å². The molecule has 38 heavy (non-hydrogen) atoms. The number of para-hydroxylation sites is 2. The molecule has 2 aliphatic heterocycles. The molecule has 4 aromatic rings. The highest BCUT2D eigenvalue weighted by atomic mass is 79.9. The summed E-state index contributed by atoms with van der Waals surface area (Å²) in [5, 5.41) is 0. The highest BCUT2D eigenvalue weighted by Crippen LogP contribution is 2.47. The molecule has 0 fully saturated rings. The van der Waals surface area contributed by atoms with E-state index >= 15 is 0 Å². The Labute approximate surface area is 242 Å². The van der Waals surface area contributed by atoms with E-state index in [-0.39, 0.29) is 0 Å². The molecule has 0 N–H and O–H groups in total. The average molecular weight is 633 g/mol. The molecule has 0 amide bonds. The molecule has 3 nitrogen and oxygen atoms in total. The van der Waals surface area contributed by atoms with Gasteiger partial charge in [0.15, 0.2) is 0 Å². The average Bonchev–Trinajstić information content (AvgIpc) is 3.37. The van der Waals surface area contributed by atoms with E-state index in [1.807, 2.05) is 7.11 Å². The summed E-state index contributed by atoms with van der Waals surface area (Å²) < 4.78 is 14.4. The van der Waals surface area contributed by atoms with Crippen LogP contribution >= 0.6 is 31.9 Å². The Balaban J connectivity index is 1.66. The van der Waals surface area contributed by atoms with Gasteiger partial charge in [0.05, 0.1) is 18.9 Å². The maximum Gasteiger partial charge on any atom is 0.142 e. The molecule has 0 aliphatic carbocycles. The summed E-state index contributed by atoms with van der Waals surface area (Å²) in [7, 11) is 1.82. The maximum atomic E-state index is 6.32. The molecule has 4 aromatic carbocycles. The van der Waals surface area contributed by atoms with Crippen molar-refractivity contribution in [2.45, 2.75) is 45.4 Å². The molecular formula is C33H31Br2NO2. The fraction of sp³-hybridized carbons (Fsp3) is 0.273. The van der Waals surface area contributed by atoms with Crippen LogP contribution in [-0.4, -0.2) is 13.7 Å². The van der Waals surface area contributed by atoms with E-state index in [1.165, 1.54) is 50.2 Å². The second kappa shape index (κ2) is 11.3. The summed E-state index contributed by atoms with van der Waals surface area (Å²) in [6.07, 6.45) is 4.32. The molecule has 2 aliphatic rings. The molecular weight excluding hydrogens is 602 g/mol. The summed E-state index contributed by atoms with van der Waals surface area (Å²) in [5.74, 6) is 0.979. The van der Waals surface area contributed by atoms with Gasteiger partial charge in [-0.2, -0.15) is 0 Å². The minimum atomic E-state index is 0.594. The monoisotopic (exact) mass is 631 g/mol. The lowest BCUT2D eigenvalue weighted by molar-refractivity contribution is 0.184. The van der Waals surface area contributed by atoms with E-state index < -0.39 is 0 Å². The first-order chi connectivity index (χ1) is 18.6. The zero-order valence-electron chi connectivity index (χ0n) is 21.6. The second-order valence-electron chi connectivity index (χ2n) is 10.1. The lowest BCUT2D eigenvalue weighted by Crippen LogP contribution is -2.16. The van der Waals surface area contributed by atoms with Crippen LogP contribution in [0.25, 0.3) is 22.3 Å². The predicted octanol–water partition coefficient (Wildman–Crippen LogP) is 9.32. The predicted molar refractivity (Wildman–Crippen MR) is 163 cm³/mol. The third kappa shape index (κ3) is 4.92. The summed E-state index contributed by atoms with van der Waals surface area (Å²) in [4.78, 5) is 2.49. The van der Waals surface area contributed by atoms with Gasteiger partial charge in [-0.25, -0.2) is 0 Å². The van der Waals surface area contributed by atoms with Crippen LogP contribution in [0, 0.1) is 0 Å². The molecule has 3 bridgehead atoms. The number of fused-ring (bicyclic) bond motifs is 4. The van der Waals surface area contributed by atoms with Gasteiger partial charge in [0.25, 0.3) is 0 Å². The second-order valence-corrected chi connectivity index (χ2v) is 11.9. The molecule has 2 heterocycles. The fourth-order valence-corrected chi connectivity index (χ4v) is 6.57. The minimum Gasteiger partial charge on any atom is -0.491 e. The smallest absolute Gasteiger partial charge is 0.142 e. The van der Waals surface area contributed by atoms with E-state index in [9.17, 15) is 0 Å². The molecule has 0 saturated carbocycles. The van der Waals surface area contributed by atoms with Crippen molar-refractivity contribution >= 4 is 37.5 Å². The summed E-state index contributed by atoms with van der Waals surface area (Å²) in [6, 6.07) is 26.1. The SMILES string of the molecule is COCc1c2c(-c3ccc(Br)cc3)c3c(c1-c1ccc(Br)cc1)CN(C3)c1ccccc1OCCCCC2. The molecule has 194 valence electrons. The quantitative estimate of drug-likeness (QED) is 0.224. The first-order valence-corrected chi connectivity index (χ1v) is 14.9. The van der Waals surface area contributed by atoms with Crippen molar-refractivity contribution in [2.75, 3.05) is 18.6 Å². The normalized spacial score (nSPS) is 14.9. The van der Waals surface area contributed by atoms with Crippen LogP contribution in [0.3, 0.4) is 0 Å². The van der Waals surface area contributed by atoms with Crippen molar-refractivity contribution < 1.29 is 9.47 Å². The number of ether oxygens (including phenoxy) is 2. The van der Waals surface area contributed by atoms with E-state index in [0.717, 1.165) is 60.1 Å². The van der Waals surface area contributed by atoms with Crippen LogP contribution in [0.4, 0.5) is 5.69 Å². The number of hydrogen-bond acceptors (Lipinski definition) is 3. The van der Waals surface area contributed by atoms with Crippen molar-refractivity contribution in [2.24, 2.45) is 0 Å².